The number of alkyl carbamates (subject to hydrolysis) is 1. The van der Waals surface area contributed by atoms with Gasteiger partial charge in [0.2, 0.25) is 0 Å². The van der Waals surface area contributed by atoms with Crippen LogP contribution in [0.2, 0.25) is 0 Å². The number of benzene rings is 2. The Balaban J connectivity index is 1.73. The van der Waals surface area contributed by atoms with Gasteiger partial charge in [0, 0.05) is 6.20 Å². The molecule has 0 fully saturated rings. The lowest BCUT2D eigenvalue weighted by Gasteiger charge is -2.23. The maximum absolute atomic E-state index is 13.1. The van der Waals surface area contributed by atoms with E-state index in [9.17, 15) is 14.4 Å². The highest BCUT2D eigenvalue weighted by Gasteiger charge is 2.27. The van der Waals surface area contributed by atoms with E-state index in [-0.39, 0.29) is 25.6 Å². The van der Waals surface area contributed by atoms with Crippen LogP contribution in [0.15, 0.2) is 73.2 Å². The van der Waals surface area contributed by atoms with Crippen molar-refractivity contribution in [1.82, 2.24) is 14.9 Å². The number of ether oxygens (including phenoxy) is 3. The fourth-order valence-corrected chi connectivity index (χ4v) is 3.54. The van der Waals surface area contributed by atoms with Gasteiger partial charge in [0.25, 0.3) is 5.91 Å². The van der Waals surface area contributed by atoms with Gasteiger partial charge >= 0.3 is 12.1 Å². The lowest BCUT2D eigenvalue weighted by Crippen LogP contribution is -2.48. The molecule has 1 aromatic heterocycles. The van der Waals surface area contributed by atoms with Gasteiger partial charge in [0.15, 0.2) is 11.9 Å². The number of esters is 1. The lowest BCUT2D eigenvalue weighted by atomic mass is 10.1. The fraction of sp³-hybridized carbons (Fsp3) is 0.357. The summed E-state index contributed by atoms with van der Waals surface area (Å²) in [5.74, 6) is -0.811. The minimum Gasteiger partial charge on any atom is -0.464 e. The van der Waals surface area contributed by atoms with E-state index in [4.69, 9.17) is 14.2 Å². The lowest BCUT2D eigenvalue weighted by molar-refractivity contribution is -0.145. The van der Waals surface area contributed by atoms with E-state index in [0.29, 0.717) is 5.56 Å². The number of amides is 2. The molecule has 2 N–H and O–H groups in total. The van der Waals surface area contributed by atoms with Crippen molar-refractivity contribution in [3.63, 3.8) is 0 Å². The summed E-state index contributed by atoms with van der Waals surface area (Å²) in [5.41, 5.74) is 0.891. The zero-order valence-electron chi connectivity index (χ0n) is 22.0. The van der Waals surface area contributed by atoms with Gasteiger partial charge in [-0.3, -0.25) is 4.79 Å². The summed E-state index contributed by atoms with van der Waals surface area (Å²) >= 11 is 0. The number of anilines is 1. The molecule has 0 bridgehead atoms. The number of carbonyl (C=O) groups is 3. The number of nitrogens with zero attached hydrogens (tertiary/aromatic N) is 2. The second-order valence-electron chi connectivity index (χ2n) is 9.46. The Kier molecular flexibility index (Phi) is 10.0. The number of hydrogen-bond acceptors (Lipinski definition) is 7. The van der Waals surface area contributed by atoms with Gasteiger partial charge in [-0.2, -0.15) is 0 Å². The first-order valence-corrected chi connectivity index (χ1v) is 12.3. The fourth-order valence-electron chi connectivity index (χ4n) is 3.54. The summed E-state index contributed by atoms with van der Waals surface area (Å²) in [4.78, 5) is 42.5. The molecule has 0 spiro atoms. The highest BCUT2D eigenvalue weighted by Crippen LogP contribution is 2.21. The molecular formula is C28H34N4O6. The molecule has 3 aromatic rings. The number of nitrogens with one attached hydrogen (secondary N) is 2. The average Bonchev–Trinajstić information content (AvgIpc) is 3.31. The molecule has 38 heavy (non-hydrogen) atoms. The molecule has 202 valence electrons. The number of imidazole rings is 1. The SMILES string of the molecule is CCOC(=O)C(c1ccccc1)n1cnc(NC(=O)C(COCc2ccccc2)NC(=O)OC(C)(C)C)c1. The quantitative estimate of drug-likeness (QED) is 0.364. The summed E-state index contributed by atoms with van der Waals surface area (Å²) in [5, 5.41) is 5.25. The molecule has 2 atom stereocenters. The Labute approximate surface area is 222 Å². The van der Waals surface area contributed by atoms with Gasteiger partial charge in [0.05, 0.1) is 26.1 Å². The minimum atomic E-state index is -1.06. The molecule has 10 nitrogen and oxygen atoms in total. The summed E-state index contributed by atoms with van der Waals surface area (Å²) in [6.07, 6.45) is 2.21. The van der Waals surface area contributed by atoms with Crippen molar-refractivity contribution in [3.05, 3.63) is 84.3 Å². The van der Waals surface area contributed by atoms with Gasteiger partial charge < -0.3 is 29.4 Å². The number of carbonyl (C=O) groups excluding carboxylic acids is 3. The third kappa shape index (κ3) is 8.74. The third-order valence-electron chi connectivity index (χ3n) is 5.18. The number of rotatable bonds is 11. The predicted molar refractivity (Wildman–Crippen MR) is 141 cm³/mol. The third-order valence-corrected chi connectivity index (χ3v) is 5.18. The van der Waals surface area contributed by atoms with Crippen molar-refractivity contribution in [2.24, 2.45) is 0 Å². The maximum Gasteiger partial charge on any atom is 0.408 e. The Hall–Kier alpha value is -4.18. The first-order valence-electron chi connectivity index (χ1n) is 12.3. The summed E-state index contributed by atoms with van der Waals surface area (Å²) in [6.45, 7) is 7.30. The van der Waals surface area contributed by atoms with Gasteiger partial charge in [-0.15, -0.1) is 0 Å². The van der Waals surface area contributed by atoms with Crippen molar-refractivity contribution in [3.8, 4) is 0 Å². The Morgan fingerprint density at radius 2 is 1.66 bits per heavy atom. The summed E-state index contributed by atoms with van der Waals surface area (Å²) in [6, 6.07) is 16.7. The van der Waals surface area contributed by atoms with Crippen LogP contribution in [0.1, 0.15) is 44.9 Å². The average molecular weight is 523 g/mol. The van der Waals surface area contributed by atoms with E-state index in [1.54, 1.807) is 32.3 Å². The molecule has 1 heterocycles. The van der Waals surface area contributed by atoms with Crippen molar-refractivity contribution in [2.45, 2.75) is 52.0 Å². The maximum atomic E-state index is 13.1. The van der Waals surface area contributed by atoms with Crippen LogP contribution < -0.4 is 10.6 Å². The summed E-state index contributed by atoms with van der Waals surface area (Å²) < 4.78 is 17.8. The highest BCUT2D eigenvalue weighted by molar-refractivity contribution is 5.96. The minimum absolute atomic E-state index is 0.101. The standard InChI is InChI=1S/C28H34N4O6/c1-5-37-26(34)24(21-14-10-7-11-15-21)32-16-23(29-19-32)31-25(33)22(30-27(35)38-28(2,3)4)18-36-17-20-12-8-6-9-13-20/h6-16,19,22,24H,5,17-18H2,1-4H3,(H,30,35)(H,31,33). The van der Waals surface area contributed by atoms with Crippen molar-refractivity contribution < 1.29 is 28.6 Å². The molecule has 0 aliphatic heterocycles. The zero-order chi connectivity index (χ0) is 27.5. The molecule has 0 aliphatic rings. The first kappa shape index (κ1) is 28.4. The number of hydrogen-bond donors (Lipinski definition) is 2. The van der Waals surface area contributed by atoms with E-state index in [0.717, 1.165) is 5.56 Å². The van der Waals surface area contributed by atoms with Crippen LogP contribution in [0.5, 0.6) is 0 Å². The Morgan fingerprint density at radius 3 is 2.29 bits per heavy atom. The Morgan fingerprint density at radius 1 is 1.00 bits per heavy atom. The molecule has 0 aliphatic carbocycles. The van der Waals surface area contributed by atoms with Gasteiger partial charge in [0.1, 0.15) is 11.6 Å². The van der Waals surface area contributed by atoms with Gasteiger partial charge in [-0.25, -0.2) is 14.6 Å². The van der Waals surface area contributed by atoms with E-state index in [1.807, 2.05) is 60.7 Å². The van der Waals surface area contributed by atoms with Crippen molar-refractivity contribution in [2.75, 3.05) is 18.5 Å². The Bertz CT molecular complexity index is 1190. The van der Waals surface area contributed by atoms with Crippen LogP contribution >= 0.6 is 0 Å². The van der Waals surface area contributed by atoms with Crippen molar-refractivity contribution >= 4 is 23.8 Å². The molecule has 3 rings (SSSR count). The van der Waals surface area contributed by atoms with Crippen LogP contribution in [0.3, 0.4) is 0 Å². The predicted octanol–water partition coefficient (Wildman–Crippen LogP) is 4.08. The molecule has 0 saturated heterocycles. The van der Waals surface area contributed by atoms with Gasteiger partial charge in [-0.05, 0) is 38.8 Å². The zero-order valence-corrected chi connectivity index (χ0v) is 22.0. The molecule has 2 amide bonds. The normalized spacial score (nSPS) is 12.7. The van der Waals surface area contributed by atoms with Crippen LogP contribution in [-0.4, -0.2) is 52.4 Å². The monoisotopic (exact) mass is 522 g/mol. The van der Waals surface area contributed by atoms with E-state index in [1.165, 1.54) is 12.5 Å². The largest absolute Gasteiger partial charge is 0.464 e. The molecule has 2 unspecified atom stereocenters. The number of aromatic nitrogens is 2. The van der Waals surface area contributed by atoms with E-state index >= 15 is 0 Å². The first-order chi connectivity index (χ1) is 18.2. The van der Waals surface area contributed by atoms with Crippen molar-refractivity contribution in [1.29, 1.82) is 0 Å². The second kappa shape index (κ2) is 13.4. The summed E-state index contributed by atoms with van der Waals surface area (Å²) in [7, 11) is 0. The van der Waals surface area contributed by atoms with Crippen LogP contribution in [0, 0.1) is 0 Å². The van der Waals surface area contributed by atoms with Gasteiger partial charge in [-0.1, -0.05) is 60.7 Å². The smallest absolute Gasteiger partial charge is 0.408 e. The van der Waals surface area contributed by atoms with Crippen LogP contribution in [0.4, 0.5) is 10.6 Å². The van der Waals surface area contributed by atoms with Crippen LogP contribution in [0.25, 0.3) is 0 Å². The molecule has 0 saturated carbocycles. The highest BCUT2D eigenvalue weighted by atomic mass is 16.6. The molecule has 2 aromatic carbocycles. The van der Waals surface area contributed by atoms with E-state index in [2.05, 4.69) is 15.6 Å². The topological polar surface area (TPSA) is 121 Å². The van der Waals surface area contributed by atoms with Crippen LogP contribution in [-0.2, 0) is 30.4 Å². The molecule has 10 heteroatoms. The second-order valence-corrected chi connectivity index (χ2v) is 9.46. The van der Waals surface area contributed by atoms with E-state index < -0.39 is 35.7 Å². The molecular weight excluding hydrogens is 488 g/mol. The molecule has 0 radical (unpaired) electrons.